The van der Waals surface area contributed by atoms with Gasteiger partial charge in [-0.05, 0) is 52.3 Å². The third-order valence-corrected chi connectivity index (χ3v) is 5.10. The number of rotatable bonds is 5. The fraction of sp³-hybridized carbons (Fsp3) is 0.348. The van der Waals surface area contributed by atoms with Crippen molar-refractivity contribution >= 4 is 10.9 Å². The number of aromatic nitrogens is 5. The van der Waals surface area contributed by atoms with E-state index in [-0.39, 0.29) is 11.4 Å². The molecule has 0 spiro atoms. The fourth-order valence-corrected chi connectivity index (χ4v) is 3.50. The number of methoxy groups -OCH3 is 1. The zero-order valence-corrected chi connectivity index (χ0v) is 18.7. The standard InChI is InChI=1S/C23H27N5O3/c1-7-31-21-19(30-6)9-15(10-24-21)17-8-14(2)20-18(26-17)13-27(22(20)29)16-11-25-28(12-16)23(3,4)5/h8-13,29H,7H2,1-6H3. The monoisotopic (exact) mass is 421 g/mol. The molecule has 8 heteroatoms. The number of aryl methyl sites for hydroxylation is 1. The van der Waals surface area contributed by atoms with E-state index < -0.39 is 0 Å². The maximum atomic E-state index is 10.9. The quantitative estimate of drug-likeness (QED) is 0.512. The van der Waals surface area contributed by atoms with Crippen molar-refractivity contribution in [2.24, 2.45) is 0 Å². The van der Waals surface area contributed by atoms with Gasteiger partial charge in [0.05, 0.1) is 47.7 Å². The highest BCUT2D eigenvalue weighted by molar-refractivity contribution is 5.90. The molecule has 0 aliphatic rings. The van der Waals surface area contributed by atoms with Gasteiger partial charge in [-0.2, -0.15) is 5.10 Å². The minimum atomic E-state index is -0.151. The van der Waals surface area contributed by atoms with E-state index in [4.69, 9.17) is 14.5 Å². The summed E-state index contributed by atoms with van der Waals surface area (Å²) in [5, 5.41) is 16.1. The van der Waals surface area contributed by atoms with E-state index in [1.54, 1.807) is 24.1 Å². The van der Waals surface area contributed by atoms with Gasteiger partial charge >= 0.3 is 0 Å². The van der Waals surface area contributed by atoms with Crippen LogP contribution in [0.25, 0.3) is 27.8 Å². The van der Waals surface area contributed by atoms with Crippen molar-refractivity contribution in [2.75, 3.05) is 13.7 Å². The van der Waals surface area contributed by atoms with Gasteiger partial charge in [-0.1, -0.05) is 0 Å². The Balaban J connectivity index is 1.80. The first-order valence-electron chi connectivity index (χ1n) is 10.2. The number of aromatic hydroxyl groups is 1. The number of ether oxygens (including phenoxy) is 2. The van der Waals surface area contributed by atoms with Crippen molar-refractivity contribution in [3.63, 3.8) is 0 Å². The second kappa shape index (κ2) is 7.61. The Morgan fingerprint density at radius 1 is 1.13 bits per heavy atom. The predicted molar refractivity (Wildman–Crippen MR) is 119 cm³/mol. The van der Waals surface area contributed by atoms with Crippen molar-refractivity contribution in [3.05, 3.63) is 42.5 Å². The molecule has 162 valence electrons. The van der Waals surface area contributed by atoms with Crippen LogP contribution in [0.1, 0.15) is 33.3 Å². The number of fused-ring (bicyclic) bond motifs is 1. The van der Waals surface area contributed by atoms with Crippen molar-refractivity contribution in [1.29, 1.82) is 0 Å². The van der Waals surface area contributed by atoms with Crippen molar-refractivity contribution < 1.29 is 14.6 Å². The molecule has 31 heavy (non-hydrogen) atoms. The van der Waals surface area contributed by atoms with E-state index in [2.05, 4.69) is 30.9 Å². The fourth-order valence-electron chi connectivity index (χ4n) is 3.50. The Kier molecular flexibility index (Phi) is 5.08. The molecule has 4 aromatic rings. The number of hydrogen-bond acceptors (Lipinski definition) is 6. The summed E-state index contributed by atoms with van der Waals surface area (Å²) >= 11 is 0. The molecule has 0 aliphatic carbocycles. The molecule has 1 N–H and O–H groups in total. The molecular formula is C23H27N5O3. The molecular weight excluding hydrogens is 394 g/mol. The summed E-state index contributed by atoms with van der Waals surface area (Å²) in [4.78, 5) is 9.14. The Morgan fingerprint density at radius 2 is 1.90 bits per heavy atom. The summed E-state index contributed by atoms with van der Waals surface area (Å²) in [6.07, 6.45) is 7.19. The summed E-state index contributed by atoms with van der Waals surface area (Å²) in [5.41, 5.74) is 3.76. The topological polar surface area (TPSA) is 87.2 Å². The molecule has 0 aliphatic heterocycles. The minimum Gasteiger partial charge on any atom is -0.494 e. The third kappa shape index (κ3) is 3.69. The normalized spacial score (nSPS) is 11.8. The van der Waals surface area contributed by atoms with Gasteiger partial charge in [-0.15, -0.1) is 0 Å². The van der Waals surface area contributed by atoms with Crippen LogP contribution in [-0.4, -0.2) is 43.1 Å². The van der Waals surface area contributed by atoms with E-state index in [0.717, 1.165) is 22.5 Å². The number of nitrogens with zero attached hydrogens (tertiary/aromatic N) is 5. The van der Waals surface area contributed by atoms with Gasteiger partial charge in [-0.3, -0.25) is 9.25 Å². The second-order valence-corrected chi connectivity index (χ2v) is 8.39. The maximum absolute atomic E-state index is 10.9. The van der Waals surface area contributed by atoms with Gasteiger partial charge in [0.2, 0.25) is 5.88 Å². The average Bonchev–Trinajstić information content (AvgIpc) is 3.33. The summed E-state index contributed by atoms with van der Waals surface area (Å²) in [6, 6.07) is 3.79. The number of pyridine rings is 2. The Morgan fingerprint density at radius 3 is 2.55 bits per heavy atom. The first-order chi connectivity index (χ1) is 14.7. The molecule has 8 nitrogen and oxygen atoms in total. The van der Waals surface area contributed by atoms with E-state index in [1.807, 2.05) is 43.1 Å². The maximum Gasteiger partial charge on any atom is 0.256 e. The molecule has 0 radical (unpaired) electrons. The van der Waals surface area contributed by atoms with Crippen LogP contribution >= 0.6 is 0 Å². The molecule has 0 unspecified atom stereocenters. The second-order valence-electron chi connectivity index (χ2n) is 8.39. The average molecular weight is 422 g/mol. The Hall–Kier alpha value is -3.55. The summed E-state index contributed by atoms with van der Waals surface area (Å²) in [6.45, 7) is 10.6. The SMILES string of the molecule is CCOc1ncc(-c2cc(C)c3c(O)n(-c4cnn(C(C)(C)C)c4)cc3n2)cc1OC. The van der Waals surface area contributed by atoms with E-state index in [0.29, 0.717) is 29.1 Å². The van der Waals surface area contributed by atoms with Crippen LogP contribution in [0.3, 0.4) is 0 Å². The Bertz CT molecular complexity index is 1250. The molecule has 4 aromatic heterocycles. The summed E-state index contributed by atoms with van der Waals surface area (Å²) in [5.74, 6) is 1.14. The highest BCUT2D eigenvalue weighted by atomic mass is 16.5. The van der Waals surface area contributed by atoms with Crippen LogP contribution in [-0.2, 0) is 5.54 Å². The zero-order valence-electron chi connectivity index (χ0n) is 18.7. The highest BCUT2D eigenvalue weighted by Gasteiger charge is 2.19. The van der Waals surface area contributed by atoms with E-state index in [9.17, 15) is 5.11 Å². The first-order valence-corrected chi connectivity index (χ1v) is 10.2. The van der Waals surface area contributed by atoms with Crippen LogP contribution < -0.4 is 9.47 Å². The van der Waals surface area contributed by atoms with Gasteiger partial charge in [0.15, 0.2) is 5.75 Å². The molecule has 0 saturated carbocycles. The third-order valence-electron chi connectivity index (χ3n) is 5.10. The molecule has 0 saturated heterocycles. The van der Waals surface area contributed by atoms with Crippen molar-refractivity contribution in [2.45, 2.75) is 40.2 Å². The van der Waals surface area contributed by atoms with Crippen LogP contribution in [0, 0.1) is 6.92 Å². The smallest absolute Gasteiger partial charge is 0.256 e. The number of hydrogen-bond donors (Lipinski definition) is 1. The summed E-state index contributed by atoms with van der Waals surface area (Å²) in [7, 11) is 1.58. The van der Waals surface area contributed by atoms with Gasteiger partial charge in [-0.25, -0.2) is 9.97 Å². The van der Waals surface area contributed by atoms with Crippen molar-refractivity contribution in [1.82, 2.24) is 24.3 Å². The lowest BCUT2D eigenvalue weighted by molar-refractivity contribution is 0.298. The van der Waals surface area contributed by atoms with Gasteiger partial charge in [0, 0.05) is 24.2 Å². The molecule has 0 aromatic carbocycles. The Labute approximate surface area is 181 Å². The van der Waals surface area contributed by atoms with Gasteiger partial charge in [0.25, 0.3) is 5.88 Å². The molecule has 0 fully saturated rings. The summed E-state index contributed by atoms with van der Waals surface area (Å²) < 4.78 is 14.5. The molecule has 0 bridgehead atoms. The highest BCUT2D eigenvalue weighted by Crippen LogP contribution is 2.35. The molecule has 0 atom stereocenters. The van der Waals surface area contributed by atoms with Crippen LogP contribution in [0.4, 0.5) is 0 Å². The van der Waals surface area contributed by atoms with Crippen molar-refractivity contribution in [3.8, 4) is 34.5 Å². The van der Waals surface area contributed by atoms with Crippen LogP contribution in [0.15, 0.2) is 36.9 Å². The molecule has 4 rings (SSSR count). The lowest BCUT2D eigenvalue weighted by Gasteiger charge is -2.18. The lowest BCUT2D eigenvalue weighted by atomic mass is 10.1. The van der Waals surface area contributed by atoms with Crippen LogP contribution in [0.2, 0.25) is 0 Å². The lowest BCUT2D eigenvalue weighted by Crippen LogP contribution is -2.21. The van der Waals surface area contributed by atoms with E-state index >= 15 is 0 Å². The minimum absolute atomic E-state index is 0.141. The van der Waals surface area contributed by atoms with Gasteiger partial charge < -0.3 is 14.6 Å². The largest absolute Gasteiger partial charge is 0.494 e. The zero-order chi connectivity index (χ0) is 22.3. The van der Waals surface area contributed by atoms with E-state index in [1.165, 1.54) is 0 Å². The predicted octanol–water partition coefficient (Wildman–Crippen LogP) is 4.46. The van der Waals surface area contributed by atoms with Crippen LogP contribution in [0.5, 0.6) is 17.5 Å². The molecule has 0 amide bonds. The van der Waals surface area contributed by atoms with Gasteiger partial charge in [0.1, 0.15) is 0 Å². The molecule has 4 heterocycles. The first kappa shape index (κ1) is 20.7.